The van der Waals surface area contributed by atoms with Crippen molar-refractivity contribution in [3.63, 3.8) is 0 Å². The van der Waals surface area contributed by atoms with Crippen molar-refractivity contribution in [3.8, 4) is 0 Å². The molecule has 0 spiro atoms. The molecular weight excluding hydrogens is 194 g/mol. The molecule has 0 radical (unpaired) electrons. The molecule has 2 aromatic carbocycles. The Morgan fingerprint density at radius 1 is 1.06 bits per heavy atom. The molecule has 84 valence electrons. The second-order valence-electron chi connectivity index (χ2n) is 4.57. The standard InChI is InChI=1S/C15H19N/c1-12(8-9-16)10-13-6-7-14-4-2-3-5-15(14)11-13/h2-7,11-12H,8-10,16H2,1H3. The van der Waals surface area contributed by atoms with Gasteiger partial charge in [0, 0.05) is 0 Å². The third-order valence-corrected chi connectivity index (χ3v) is 3.06. The van der Waals surface area contributed by atoms with Crippen molar-refractivity contribution in [2.24, 2.45) is 11.7 Å². The molecular formula is C15H19N. The van der Waals surface area contributed by atoms with E-state index in [-0.39, 0.29) is 0 Å². The van der Waals surface area contributed by atoms with Crippen LogP contribution in [0.3, 0.4) is 0 Å². The summed E-state index contributed by atoms with van der Waals surface area (Å²) in [4.78, 5) is 0. The Balaban J connectivity index is 2.19. The lowest BCUT2D eigenvalue weighted by atomic mass is 9.96. The molecule has 16 heavy (non-hydrogen) atoms. The Bertz CT molecular complexity index is 462. The monoisotopic (exact) mass is 213 g/mol. The SMILES string of the molecule is CC(CCN)Cc1ccc2ccccc2c1. The van der Waals surface area contributed by atoms with Gasteiger partial charge < -0.3 is 5.73 Å². The number of hydrogen-bond donors (Lipinski definition) is 1. The van der Waals surface area contributed by atoms with E-state index in [1.54, 1.807) is 0 Å². The highest BCUT2D eigenvalue weighted by Crippen LogP contribution is 2.18. The Morgan fingerprint density at radius 3 is 2.56 bits per heavy atom. The Labute approximate surface area is 97.3 Å². The lowest BCUT2D eigenvalue weighted by Crippen LogP contribution is -2.07. The quantitative estimate of drug-likeness (QED) is 0.828. The van der Waals surface area contributed by atoms with Gasteiger partial charge in [0.05, 0.1) is 0 Å². The van der Waals surface area contributed by atoms with Crippen LogP contribution < -0.4 is 5.73 Å². The second kappa shape index (κ2) is 5.13. The molecule has 1 heteroatoms. The Hall–Kier alpha value is -1.34. The van der Waals surface area contributed by atoms with Gasteiger partial charge in [-0.15, -0.1) is 0 Å². The van der Waals surface area contributed by atoms with Gasteiger partial charge in [0.1, 0.15) is 0 Å². The molecule has 1 unspecified atom stereocenters. The molecule has 0 saturated carbocycles. The van der Waals surface area contributed by atoms with Crippen molar-refractivity contribution in [1.82, 2.24) is 0 Å². The highest BCUT2D eigenvalue weighted by molar-refractivity contribution is 5.82. The van der Waals surface area contributed by atoms with Crippen LogP contribution in [0.15, 0.2) is 42.5 Å². The smallest absolute Gasteiger partial charge is 0.00746 e. The predicted octanol–water partition coefficient (Wildman–Crippen LogP) is 3.37. The highest BCUT2D eigenvalue weighted by atomic mass is 14.5. The Morgan fingerprint density at radius 2 is 1.81 bits per heavy atom. The zero-order chi connectivity index (χ0) is 11.4. The molecule has 0 saturated heterocycles. The van der Waals surface area contributed by atoms with Crippen LogP contribution in [0.25, 0.3) is 10.8 Å². The van der Waals surface area contributed by atoms with Crippen LogP contribution in [-0.2, 0) is 6.42 Å². The minimum atomic E-state index is 0.672. The summed E-state index contributed by atoms with van der Waals surface area (Å²) >= 11 is 0. The van der Waals surface area contributed by atoms with Crippen molar-refractivity contribution >= 4 is 10.8 Å². The molecule has 0 fully saturated rings. The van der Waals surface area contributed by atoms with E-state index in [2.05, 4.69) is 49.4 Å². The van der Waals surface area contributed by atoms with Gasteiger partial charge in [-0.1, -0.05) is 49.4 Å². The van der Waals surface area contributed by atoms with Crippen molar-refractivity contribution in [3.05, 3.63) is 48.0 Å². The zero-order valence-electron chi connectivity index (χ0n) is 9.82. The highest BCUT2D eigenvalue weighted by Gasteiger charge is 2.03. The topological polar surface area (TPSA) is 26.0 Å². The van der Waals surface area contributed by atoms with Crippen LogP contribution in [0.5, 0.6) is 0 Å². The molecule has 0 aromatic heterocycles. The third kappa shape index (κ3) is 2.61. The molecule has 0 aliphatic rings. The van der Waals surface area contributed by atoms with Crippen LogP contribution in [0.1, 0.15) is 18.9 Å². The molecule has 2 aromatic rings. The van der Waals surface area contributed by atoms with E-state index in [0.29, 0.717) is 5.92 Å². The predicted molar refractivity (Wildman–Crippen MR) is 70.5 cm³/mol. The van der Waals surface area contributed by atoms with E-state index in [1.807, 2.05) is 0 Å². The fraction of sp³-hybridized carbons (Fsp3) is 0.333. The fourth-order valence-electron chi connectivity index (χ4n) is 2.15. The first-order chi connectivity index (χ1) is 7.79. The molecule has 2 rings (SSSR count). The lowest BCUT2D eigenvalue weighted by molar-refractivity contribution is 0.539. The maximum atomic E-state index is 5.57. The molecule has 0 aliphatic carbocycles. The number of benzene rings is 2. The number of fused-ring (bicyclic) bond motifs is 1. The molecule has 0 aliphatic heterocycles. The first-order valence-electron chi connectivity index (χ1n) is 5.97. The van der Waals surface area contributed by atoms with Crippen LogP contribution in [0, 0.1) is 5.92 Å². The fourth-order valence-corrected chi connectivity index (χ4v) is 2.15. The van der Waals surface area contributed by atoms with Crippen LogP contribution in [0.2, 0.25) is 0 Å². The maximum Gasteiger partial charge on any atom is -0.00746 e. The van der Waals surface area contributed by atoms with Gasteiger partial charge in [0.25, 0.3) is 0 Å². The van der Waals surface area contributed by atoms with E-state index in [9.17, 15) is 0 Å². The van der Waals surface area contributed by atoms with Gasteiger partial charge in [0.2, 0.25) is 0 Å². The molecule has 2 N–H and O–H groups in total. The second-order valence-corrected chi connectivity index (χ2v) is 4.57. The molecule has 0 heterocycles. The summed E-state index contributed by atoms with van der Waals surface area (Å²) in [6.45, 7) is 3.05. The van der Waals surface area contributed by atoms with Gasteiger partial charge in [-0.25, -0.2) is 0 Å². The molecule has 0 amide bonds. The first kappa shape index (κ1) is 11.2. The normalized spacial score (nSPS) is 12.9. The van der Waals surface area contributed by atoms with Crippen molar-refractivity contribution in [2.45, 2.75) is 19.8 Å². The van der Waals surface area contributed by atoms with Crippen molar-refractivity contribution in [2.75, 3.05) is 6.54 Å². The summed E-state index contributed by atoms with van der Waals surface area (Å²) in [5.74, 6) is 0.672. The summed E-state index contributed by atoms with van der Waals surface area (Å²) in [5, 5.41) is 2.65. The van der Waals surface area contributed by atoms with E-state index in [4.69, 9.17) is 5.73 Å². The number of rotatable bonds is 4. The van der Waals surface area contributed by atoms with Crippen molar-refractivity contribution < 1.29 is 0 Å². The lowest BCUT2D eigenvalue weighted by Gasteiger charge is -2.10. The van der Waals surface area contributed by atoms with E-state index in [0.717, 1.165) is 19.4 Å². The van der Waals surface area contributed by atoms with Gasteiger partial charge in [-0.2, -0.15) is 0 Å². The largest absolute Gasteiger partial charge is 0.330 e. The Kier molecular flexibility index (Phi) is 3.58. The minimum absolute atomic E-state index is 0.672. The molecule has 1 nitrogen and oxygen atoms in total. The van der Waals surface area contributed by atoms with Crippen LogP contribution in [0.4, 0.5) is 0 Å². The summed E-state index contributed by atoms with van der Waals surface area (Å²) in [5.41, 5.74) is 6.99. The summed E-state index contributed by atoms with van der Waals surface area (Å²) in [6.07, 6.45) is 2.23. The van der Waals surface area contributed by atoms with Gasteiger partial charge >= 0.3 is 0 Å². The first-order valence-corrected chi connectivity index (χ1v) is 5.97. The van der Waals surface area contributed by atoms with Crippen molar-refractivity contribution in [1.29, 1.82) is 0 Å². The van der Waals surface area contributed by atoms with Crippen LogP contribution >= 0.6 is 0 Å². The molecule has 1 atom stereocenters. The average Bonchev–Trinajstić information content (AvgIpc) is 2.29. The average molecular weight is 213 g/mol. The van der Waals surface area contributed by atoms with Gasteiger partial charge in [-0.05, 0) is 41.6 Å². The maximum absolute atomic E-state index is 5.57. The van der Waals surface area contributed by atoms with Gasteiger partial charge in [-0.3, -0.25) is 0 Å². The summed E-state index contributed by atoms with van der Waals surface area (Å²) in [7, 11) is 0. The van der Waals surface area contributed by atoms with Crippen LogP contribution in [-0.4, -0.2) is 6.54 Å². The molecule has 0 bridgehead atoms. The third-order valence-electron chi connectivity index (χ3n) is 3.06. The number of hydrogen-bond acceptors (Lipinski definition) is 1. The zero-order valence-corrected chi connectivity index (χ0v) is 9.82. The van der Waals surface area contributed by atoms with E-state index >= 15 is 0 Å². The van der Waals surface area contributed by atoms with E-state index < -0.39 is 0 Å². The summed E-state index contributed by atoms with van der Waals surface area (Å²) < 4.78 is 0. The van der Waals surface area contributed by atoms with E-state index in [1.165, 1.54) is 16.3 Å². The van der Waals surface area contributed by atoms with Gasteiger partial charge in [0.15, 0.2) is 0 Å². The number of nitrogens with two attached hydrogens (primary N) is 1. The minimum Gasteiger partial charge on any atom is -0.330 e. The summed E-state index contributed by atoms with van der Waals surface area (Å²) in [6, 6.07) is 15.2.